The largest absolute Gasteiger partial charge is 0.493 e. The summed E-state index contributed by atoms with van der Waals surface area (Å²) in [5.41, 5.74) is 2.34. The first kappa shape index (κ1) is 23.1. The number of nitrogens with zero attached hydrogens (tertiary/aromatic N) is 2. The van der Waals surface area contributed by atoms with E-state index in [1.54, 1.807) is 23.3 Å². The maximum absolute atomic E-state index is 13.6. The predicted molar refractivity (Wildman–Crippen MR) is 132 cm³/mol. The Morgan fingerprint density at radius 2 is 1.94 bits per heavy atom. The molecule has 0 spiro atoms. The molecule has 1 aromatic heterocycles. The Kier molecular flexibility index (Phi) is 6.85. The van der Waals surface area contributed by atoms with E-state index in [-0.39, 0.29) is 5.56 Å². The second kappa shape index (κ2) is 9.80. The highest BCUT2D eigenvalue weighted by Crippen LogP contribution is 2.31. The normalized spacial score (nSPS) is 15.8. The molecule has 170 valence electrons. The van der Waals surface area contributed by atoms with Crippen LogP contribution < -0.4 is 19.6 Å². The van der Waals surface area contributed by atoms with Crippen molar-refractivity contribution in [3.05, 3.63) is 90.6 Å². The third-order valence-electron chi connectivity index (χ3n) is 5.36. The first-order valence-corrected chi connectivity index (χ1v) is 12.5. The molecule has 0 fully saturated rings. The minimum Gasteiger partial charge on any atom is -0.493 e. The molecule has 3 aromatic rings. The highest BCUT2D eigenvalue weighted by atomic mass is 32.2. The minimum absolute atomic E-state index is 0.210. The summed E-state index contributed by atoms with van der Waals surface area (Å²) in [6.45, 7) is 4.22. The third kappa shape index (κ3) is 4.41. The van der Waals surface area contributed by atoms with Crippen molar-refractivity contribution >= 4 is 35.1 Å². The number of rotatable bonds is 6. The van der Waals surface area contributed by atoms with Crippen LogP contribution in [0.4, 0.5) is 0 Å². The van der Waals surface area contributed by atoms with Gasteiger partial charge in [0.15, 0.2) is 4.80 Å². The van der Waals surface area contributed by atoms with Gasteiger partial charge in [0.25, 0.3) is 5.56 Å². The van der Waals surface area contributed by atoms with Gasteiger partial charge in [0.1, 0.15) is 5.75 Å². The molecule has 1 aliphatic heterocycles. The average molecular weight is 481 g/mol. The van der Waals surface area contributed by atoms with Gasteiger partial charge in [-0.25, -0.2) is 9.79 Å². The lowest BCUT2D eigenvalue weighted by molar-refractivity contribution is -0.136. The zero-order valence-electron chi connectivity index (χ0n) is 18.8. The summed E-state index contributed by atoms with van der Waals surface area (Å²) >= 11 is 2.93. The van der Waals surface area contributed by atoms with Gasteiger partial charge in [-0.15, -0.1) is 11.8 Å². The van der Waals surface area contributed by atoms with Crippen molar-refractivity contribution < 1.29 is 14.3 Å². The Morgan fingerprint density at radius 1 is 1.21 bits per heavy atom. The number of benzene rings is 2. The van der Waals surface area contributed by atoms with Crippen LogP contribution in [0.25, 0.3) is 6.08 Å². The molecule has 1 aliphatic rings. The monoisotopic (exact) mass is 480 g/mol. The Morgan fingerprint density at radius 3 is 2.61 bits per heavy atom. The number of para-hydroxylation sites is 1. The van der Waals surface area contributed by atoms with E-state index in [0.717, 1.165) is 16.0 Å². The summed E-state index contributed by atoms with van der Waals surface area (Å²) in [4.78, 5) is 32.6. The molecule has 0 amide bonds. The van der Waals surface area contributed by atoms with E-state index in [1.807, 2.05) is 67.8 Å². The number of thioether (sulfide) groups is 1. The number of hydrogen-bond donors (Lipinski definition) is 0. The molecule has 6 nitrogen and oxygen atoms in total. The van der Waals surface area contributed by atoms with E-state index >= 15 is 0 Å². The van der Waals surface area contributed by atoms with Crippen LogP contribution in [0.3, 0.4) is 0 Å². The summed E-state index contributed by atoms with van der Waals surface area (Å²) in [5.74, 6) is 0.215. The van der Waals surface area contributed by atoms with Crippen LogP contribution in [0.2, 0.25) is 0 Å². The van der Waals surface area contributed by atoms with Crippen molar-refractivity contribution in [1.82, 2.24) is 4.57 Å². The van der Waals surface area contributed by atoms with Crippen molar-refractivity contribution in [2.45, 2.75) is 24.8 Å². The number of esters is 1. The summed E-state index contributed by atoms with van der Waals surface area (Å²) in [6, 6.07) is 14.8. The maximum Gasteiger partial charge on any atom is 0.338 e. The van der Waals surface area contributed by atoms with Crippen molar-refractivity contribution in [2.24, 2.45) is 4.99 Å². The summed E-state index contributed by atoms with van der Waals surface area (Å²) < 4.78 is 12.9. The lowest BCUT2D eigenvalue weighted by atomic mass is 9.96. The van der Waals surface area contributed by atoms with Crippen molar-refractivity contribution in [3.8, 4) is 5.75 Å². The van der Waals surface area contributed by atoms with Gasteiger partial charge in [0, 0.05) is 10.5 Å². The van der Waals surface area contributed by atoms with E-state index in [4.69, 9.17) is 9.47 Å². The van der Waals surface area contributed by atoms with Crippen LogP contribution in [0.1, 0.15) is 31.0 Å². The number of thiazole rings is 1. The van der Waals surface area contributed by atoms with Gasteiger partial charge in [-0.3, -0.25) is 9.36 Å². The molecule has 0 saturated carbocycles. The van der Waals surface area contributed by atoms with Crippen LogP contribution in [-0.2, 0) is 9.53 Å². The molecule has 4 rings (SSSR count). The molecule has 33 heavy (non-hydrogen) atoms. The second-order valence-electron chi connectivity index (χ2n) is 7.32. The van der Waals surface area contributed by atoms with E-state index < -0.39 is 12.0 Å². The minimum atomic E-state index is -0.617. The molecule has 0 radical (unpaired) electrons. The Hall–Kier alpha value is -3.10. The topological polar surface area (TPSA) is 69.9 Å². The highest BCUT2D eigenvalue weighted by Gasteiger charge is 2.33. The molecular formula is C25H24N2O4S2. The molecule has 0 bridgehead atoms. The second-order valence-corrected chi connectivity index (χ2v) is 9.21. The van der Waals surface area contributed by atoms with Gasteiger partial charge >= 0.3 is 5.97 Å². The standard InChI is InChI=1S/C25H24N2O4S2/c1-5-31-19-9-7-6-8-17(19)14-20-23(28)27-22(16-10-12-18(32-4)13-11-16)21(24(29)30-3)15(2)26-25(27)33-20/h6-14,22H,5H2,1-4H3. The van der Waals surface area contributed by atoms with Gasteiger partial charge in [0.2, 0.25) is 0 Å². The number of hydrogen-bond acceptors (Lipinski definition) is 7. The fraction of sp³-hybridized carbons (Fsp3) is 0.240. The number of ether oxygens (including phenoxy) is 2. The van der Waals surface area contributed by atoms with Crippen LogP contribution in [0, 0.1) is 0 Å². The number of aromatic nitrogens is 1. The highest BCUT2D eigenvalue weighted by molar-refractivity contribution is 7.98. The molecule has 0 saturated heterocycles. The van der Waals surface area contributed by atoms with Gasteiger partial charge in [0.05, 0.1) is 35.6 Å². The Labute approximate surface area is 199 Å². The first-order chi connectivity index (χ1) is 16.0. The third-order valence-corrected chi connectivity index (χ3v) is 7.09. The molecule has 0 N–H and O–H groups in total. The average Bonchev–Trinajstić information content (AvgIpc) is 3.13. The molecule has 2 aromatic carbocycles. The smallest absolute Gasteiger partial charge is 0.338 e. The predicted octanol–water partition coefficient (Wildman–Crippen LogP) is 3.53. The van der Waals surface area contributed by atoms with Gasteiger partial charge in [-0.1, -0.05) is 41.7 Å². The number of carbonyl (C=O) groups is 1. The van der Waals surface area contributed by atoms with Crippen LogP contribution in [0.15, 0.2) is 74.5 Å². The summed E-state index contributed by atoms with van der Waals surface area (Å²) in [7, 11) is 1.34. The van der Waals surface area contributed by atoms with E-state index in [1.165, 1.54) is 18.4 Å². The zero-order chi connectivity index (χ0) is 23.5. The molecular weight excluding hydrogens is 456 g/mol. The molecule has 0 aliphatic carbocycles. The van der Waals surface area contributed by atoms with Crippen LogP contribution >= 0.6 is 23.1 Å². The lowest BCUT2D eigenvalue weighted by Crippen LogP contribution is -2.39. The first-order valence-electron chi connectivity index (χ1n) is 10.4. The van der Waals surface area contributed by atoms with Gasteiger partial charge < -0.3 is 9.47 Å². The fourth-order valence-corrected chi connectivity index (χ4v) is 5.27. The summed E-state index contributed by atoms with van der Waals surface area (Å²) in [6.07, 6.45) is 3.82. The zero-order valence-corrected chi connectivity index (χ0v) is 20.5. The quantitative estimate of drug-likeness (QED) is 0.399. The molecule has 2 heterocycles. The summed E-state index contributed by atoms with van der Waals surface area (Å²) in [5, 5.41) is 0. The number of methoxy groups -OCH3 is 1. The Bertz CT molecular complexity index is 1400. The number of carbonyl (C=O) groups excluding carboxylic acids is 1. The van der Waals surface area contributed by atoms with E-state index in [2.05, 4.69) is 4.99 Å². The van der Waals surface area contributed by atoms with Gasteiger partial charge in [-0.2, -0.15) is 0 Å². The van der Waals surface area contributed by atoms with E-state index in [0.29, 0.717) is 33.0 Å². The number of fused-ring (bicyclic) bond motifs is 1. The SMILES string of the molecule is CCOc1ccccc1C=c1sc2n(c1=O)C(c1ccc(SC)cc1)C(C(=O)OC)=C(C)N=2. The lowest BCUT2D eigenvalue weighted by Gasteiger charge is -2.24. The molecule has 1 atom stereocenters. The maximum atomic E-state index is 13.6. The van der Waals surface area contributed by atoms with E-state index in [9.17, 15) is 9.59 Å². The van der Waals surface area contributed by atoms with Crippen molar-refractivity contribution in [2.75, 3.05) is 20.0 Å². The van der Waals surface area contributed by atoms with Gasteiger partial charge in [-0.05, 0) is 49.9 Å². The number of allylic oxidation sites excluding steroid dienone is 1. The Balaban J connectivity index is 1.95. The van der Waals surface area contributed by atoms with Crippen LogP contribution in [0.5, 0.6) is 5.75 Å². The van der Waals surface area contributed by atoms with Crippen molar-refractivity contribution in [1.29, 1.82) is 0 Å². The fourth-order valence-electron chi connectivity index (χ4n) is 3.82. The van der Waals surface area contributed by atoms with Crippen molar-refractivity contribution in [3.63, 3.8) is 0 Å². The molecule has 8 heteroatoms. The molecule has 1 unspecified atom stereocenters. The van der Waals surface area contributed by atoms with Crippen LogP contribution in [-0.4, -0.2) is 30.5 Å².